The number of nitrogens with one attached hydrogen (secondary N) is 2. The van der Waals surface area contributed by atoms with Gasteiger partial charge in [0.15, 0.2) is 5.76 Å². The first-order chi connectivity index (χ1) is 14.5. The SMILES string of the molecule is Cc1cc(C#CC2(NC(=O)c3cc4ccccc4o3)CCNCC2)ccc1C(=O)O. The number of hydrogen-bond donors (Lipinski definition) is 3. The normalized spacial score (nSPS) is 15.2. The molecule has 0 aliphatic carbocycles. The third-order valence-electron chi connectivity index (χ3n) is 5.36. The van der Waals surface area contributed by atoms with Gasteiger partial charge in [0.05, 0.1) is 5.56 Å². The zero-order valence-electron chi connectivity index (χ0n) is 16.6. The highest BCUT2D eigenvalue weighted by Crippen LogP contribution is 2.22. The fraction of sp³-hybridized carbons (Fsp3) is 0.250. The van der Waals surface area contributed by atoms with Crippen LogP contribution in [0.1, 0.15) is 44.9 Å². The maximum atomic E-state index is 12.9. The van der Waals surface area contributed by atoms with Gasteiger partial charge in [0.2, 0.25) is 0 Å². The van der Waals surface area contributed by atoms with Crippen LogP contribution in [0.3, 0.4) is 0 Å². The van der Waals surface area contributed by atoms with Crippen LogP contribution >= 0.6 is 0 Å². The van der Waals surface area contributed by atoms with Crippen LogP contribution in [0.15, 0.2) is 52.9 Å². The first-order valence-electron chi connectivity index (χ1n) is 9.85. The lowest BCUT2D eigenvalue weighted by molar-refractivity contribution is 0.0695. The van der Waals surface area contributed by atoms with Gasteiger partial charge in [0.25, 0.3) is 5.91 Å². The lowest BCUT2D eigenvalue weighted by Crippen LogP contribution is -2.53. The Morgan fingerprint density at radius 2 is 1.90 bits per heavy atom. The number of furan rings is 1. The van der Waals surface area contributed by atoms with E-state index < -0.39 is 11.5 Å². The molecule has 4 rings (SSSR count). The van der Waals surface area contributed by atoms with Crippen LogP contribution in [0.2, 0.25) is 0 Å². The number of benzene rings is 2. The van der Waals surface area contributed by atoms with E-state index in [0.717, 1.165) is 18.5 Å². The standard InChI is InChI=1S/C24H22N2O4/c1-16-14-17(6-7-19(16)23(28)29)8-9-24(10-12-25-13-11-24)26-22(27)21-15-18-4-2-3-5-20(18)30-21/h2-7,14-15,25H,10-13H2,1H3,(H,26,27)(H,28,29). The largest absolute Gasteiger partial charge is 0.478 e. The summed E-state index contributed by atoms with van der Waals surface area (Å²) < 4.78 is 5.70. The number of hydrogen-bond acceptors (Lipinski definition) is 4. The molecule has 1 aliphatic heterocycles. The Morgan fingerprint density at radius 1 is 1.13 bits per heavy atom. The highest BCUT2D eigenvalue weighted by molar-refractivity contribution is 5.96. The van der Waals surface area contributed by atoms with E-state index in [9.17, 15) is 14.7 Å². The van der Waals surface area contributed by atoms with E-state index >= 15 is 0 Å². The Labute approximate surface area is 174 Å². The van der Waals surface area contributed by atoms with Crippen molar-refractivity contribution in [2.75, 3.05) is 13.1 Å². The molecule has 2 heterocycles. The summed E-state index contributed by atoms with van der Waals surface area (Å²) in [5.41, 5.74) is 1.62. The van der Waals surface area contributed by atoms with Gasteiger partial charge in [0.1, 0.15) is 11.1 Å². The molecule has 0 atom stereocenters. The molecule has 3 N–H and O–H groups in total. The smallest absolute Gasteiger partial charge is 0.335 e. The van der Waals surface area contributed by atoms with Gasteiger partial charge in [-0.05, 0) is 68.8 Å². The molecule has 6 nitrogen and oxygen atoms in total. The Kier molecular flexibility index (Phi) is 5.30. The van der Waals surface area contributed by atoms with Crippen molar-refractivity contribution in [3.63, 3.8) is 0 Å². The Morgan fingerprint density at radius 3 is 2.60 bits per heavy atom. The third-order valence-corrected chi connectivity index (χ3v) is 5.36. The maximum absolute atomic E-state index is 12.9. The van der Waals surface area contributed by atoms with Crippen molar-refractivity contribution in [1.29, 1.82) is 0 Å². The van der Waals surface area contributed by atoms with Gasteiger partial charge in [-0.15, -0.1) is 0 Å². The van der Waals surface area contributed by atoms with Crippen LogP contribution < -0.4 is 10.6 Å². The van der Waals surface area contributed by atoms with E-state index in [2.05, 4.69) is 22.5 Å². The minimum Gasteiger partial charge on any atom is -0.478 e. The molecule has 3 aromatic rings. The number of para-hydroxylation sites is 1. The van der Waals surface area contributed by atoms with E-state index in [4.69, 9.17) is 4.42 Å². The predicted molar refractivity (Wildman–Crippen MR) is 114 cm³/mol. The number of carboxylic acid groups (broad SMARTS) is 1. The molecule has 2 aromatic carbocycles. The van der Waals surface area contributed by atoms with Gasteiger partial charge in [-0.25, -0.2) is 4.79 Å². The number of rotatable bonds is 3. The van der Waals surface area contributed by atoms with Gasteiger partial charge >= 0.3 is 5.97 Å². The number of aromatic carboxylic acids is 1. The molecule has 1 amide bonds. The number of carbonyl (C=O) groups excluding carboxylic acids is 1. The molecule has 0 radical (unpaired) electrons. The Hall–Kier alpha value is -3.56. The lowest BCUT2D eigenvalue weighted by atomic mass is 9.88. The minimum absolute atomic E-state index is 0.260. The van der Waals surface area contributed by atoms with Gasteiger partial charge in [-0.1, -0.05) is 30.0 Å². The molecule has 6 heteroatoms. The summed E-state index contributed by atoms with van der Waals surface area (Å²) in [4.78, 5) is 24.1. The van der Waals surface area contributed by atoms with E-state index in [1.165, 1.54) is 0 Å². The molecule has 152 valence electrons. The second-order valence-corrected chi connectivity index (χ2v) is 7.52. The van der Waals surface area contributed by atoms with E-state index in [-0.39, 0.29) is 17.2 Å². The lowest BCUT2D eigenvalue weighted by Gasteiger charge is -2.33. The summed E-state index contributed by atoms with van der Waals surface area (Å²) in [6.45, 7) is 3.23. The van der Waals surface area contributed by atoms with Gasteiger partial charge in [-0.3, -0.25) is 4.79 Å². The van der Waals surface area contributed by atoms with E-state index in [1.807, 2.05) is 24.3 Å². The van der Waals surface area contributed by atoms with Gasteiger partial charge in [-0.2, -0.15) is 0 Å². The minimum atomic E-state index is -0.958. The summed E-state index contributed by atoms with van der Waals surface area (Å²) >= 11 is 0. The fourth-order valence-corrected chi connectivity index (χ4v) is 3.68. The monoisotopic (exact) mass is 402 g/mol. The molecule has 1 fully saturated rings. The average Bonchev–Trinajstić information content (AvgIpc) is 3.17. The van der Waals surface area contributed by atoms with Crippen molar-refractivity contribution in [1.82, 2.24) is 10.6 Å². The molecule has 0 spiro atoms. The van der Waals surface area contributed by atoms with Crippen molar-refractivity contribution in [2.24, 2.45) is 0 Å². The zero-order valence-corrected chi connectivity index (χ0v) is 16.6. The molecular weight excluding hydrogens is 380 g/mol. The summed E-state index contributed by atoms with van der Waals surface area (Å²) in [7, 11) is 0. The Balaban J connectivity index is 1.60. The van der Waals surface area contributed by atoms with Crippen molar-refractivity contribution < 1.29 is 19.1 Å². The van der Waals surface area contributed by atoms with Crippen molar-refractivity contribution in [3.8, 4) is 11.8 Å². The maximum Gasteiger partial charge on any atom is 0.335 e. The highest BCUT2D eigenvalue weighted by Gasteiger charge is 2.33. The summed E-state index contributed by atoms with van der Waals surface area (Å²) in [5.74, 6) is 5.39. The first-order valence-corrected chi connectivity index (χ1v) is 9.85. The predicted octanol–water partition coefficient (Wildman–Crippen LogP) is 3.34. The molecule has 0 bridgehead atoms. The summed E-state index contributed by atoms with van der Waals surface area (Å²) in [5, 5.41) is 16.4. The topological polar surface area (TPSA) is 91.6 Å². The molecular formula is C24H22N2O4. The first kappa shape index (κ1) is 19.7. The average molecular weight is 402 g/mol. The van der Waals surface area contributed by atoms with Crippen molar-refractivity contribution in [2.45, 2.75) is 25.3 Å². The molecule has 1 aromatic heterocycles. The van der Waals surface area contributed by atoms with Crippen LogP contribution in [-0.4, -0.2) is 35.6 Å². The molecule has 0 saturated carbocycles. The van der Waals surface area contributed by atoms with E-state index in [0.29, 0.717) is 29.6 Å². The number of carboxylic acids is 1. The third kappa shape index (κ3) is 4.07. The number of carbonyl (C=O) groups is 2. The van der Waals surface area contributed by atoms with Crippen LogP contribution in [0, 0.1) is 18.8 Å². The number of fused-ring (bicyclic) bond motifs is 1. The molecule has 0 unspecified atom stereocenters. The number of amides is 1. The van der Waals surface area contributed by atoms with Crippen LogP contribution in [0.4, 0.5) is 0 Å². The van der Waals surface area contributed by atoms with Gasteiger partial charge in [0, 0.05) is 10.9 Å². The summed E-state index contributed by atoms with van der Waals surface area (Å²) in [6.07, 6.45) is 1.33. The molecule has 1 saturated heterocycles. The van der Waals surface area contributed by atoms with Crippen LogP contribution in [0.5, 0.6) is 0 Å². The van der Waals surface area contributed by atoms with Gasteiger partial charge < -0.3 is 20.2 Å². The quantitative estimate of drug-likeness (QED) is 0.585. The van der Waals surface area contributed by atoms with Crippen LogP contribution in [0.25, 0.3) is 11.0 Å². The second kappa shape index (κ2) is 8.05. The van der Waals surface area contributed by atoms with Crippen molar-refractivity contribution >= 4 is 22.8 Å². The molecule has 1 aliphatic rings. The second-order valence-electron chi connectivity index (χ2n) is 7.52. The fourth-order valence-electron chi connectivity index (χ4n) is 3.68. The Bertz CT molecular complexity index is 1140. The highest BCUT2D eigenvalue weighted by atomic mass is 16.4. The number of piperidine rings is 1. The number of aryl methyl sites for hydroxylation is 1. The van der Waals surface area contributed by atoms with Crippen LogP contribution in [-0.2, 0) is 0 Å². The zero-order chi connectivity index (χ0) is 21.1. The molecule has 30 heavy (non-hydrogen) atoms. The summed E-state index contributed by atoms with van der Waals surface area (Å²) in [6, 6.07) is 14.2. The van der Waals surface area contributed by atoms with E-state index in [1.54, 1.807) is 31.2 Å². The van der Waals surface area contributed by atoms with Crippen molar-refractivity contribution in [3.05, 3.63) is 71.0 Å².